The molecule has 2 N–H and O–H groups in total. The first kappa shape index (κ1) is 14.2. The highest BCUT2D eigenvalue weighted by molar-refractivity contribution is 9.10. The molecule has 0 saturated carbocycles. The van der Waals surface area contributed by atoms with Crippen molar-refractivity contribution in [2.24, 2.45) is 11.7 Å². The normalized spacial score (nSPS) is 23.4. The molecule has 0 spiro atoms. The first-order chi connectivity index (χ1) is 9.02. The second-order valence-corrected chi connectivity index (χ2v) is 5.68. The molecular formula is C12H17BrN4O2. The van der Waals surface area contributed by atoms with Crippen LogP contribution in [0.25, 0.3) is 0 Å². The maximum Gasteiger partial charge on any atom is 0.288 e. The molecule has 0 bridgehead atoms. The van der Waals surface area contributed by atoms with Crippen LogP contribution in [0.2, 0.25) is 0 Å². The second kappa shape index (κ2) is 5.83. The maximum atomic E-state index is 10.7. The molecule has 2 rings (SSSR count). The van der Waals surface area contributed by atoms with Gasteiger partial charge >= 0.3 is 0 Å². The van der Waals surface area contributed by atoms with Gasteiger partial charge in [0, 0.05) is 25.2 Å². The van der Waals surface area contributed by atoms with Gasteiger partial charge in [-0.15, -0.1) is 0 Å². The molecule has 0 aromatic carbocycles. The number of piperidine rings is 1. The van der Waals surface area contributed by atoms with E-state index in [1.165, 1.54) is 12.3 Å². The minimum absolute atomic E-state index is 0.00335. The first-order valence-electron chi connectivity index (χ1n) is 6.33. The summed E-state index contributed by atoms with van der Waals surface area (Å²) in [5.74, 6) is 1.20. The number of nitrogens with two attached hydrogens (primary N) is 1. The molecule has 1 aliphatic heterocycles. The third-order valence-electron chi connectivity index (χ3n) is 3.63. The van der Waals surface area contributed by atoms with Gasteiger partial charge in [-0.3, -0.25) is 10.1 Å². The Morgan fingerprint density at radius 1 is 1.68 bits per heavy atom. The van der Waals surface area contributed by atoms with Crippen molar-refractivity contribution < 1.29 is 4.92 Å². The van der Waals surface area contributed by atoms with Gasteiger partial charge in [0.05, 0.1) is 9.40 Å². The predicted octanol–water partition coefficient (Wildman–Crippen LogP) is 2.32. The Bertz CT molecular complexity index is 483. The van der Waals surface area contributed by atoms with Crippen molar-refractivity contribution in [2.45, 2.75) is 25.8 Å². The molecule has 0 aliphatic carbocycles. The van der Waals surface area contributed by atoms with Crippen LogP contribution in [-0.2, 0) is 0 Å². The molecule has 2 atom stereocenters. The summed E-state index contributed by atoms with van der Waals surface area (Å²) < 4.78 is 0.659. The number of hydrogen-bond donors (Lipinski definition) is 1. The average molecular weight is 329 g/mol. The second-order valence-electron chi connectivity index (χ2n) is 4.82. The van der Waals surface area contributed by atoms with Gasteiger partial charge in [-0.2, -0.15) is 0 Å². The van der Waals surface area contributed by atoms with Crippen LogP contribution in [0.5, 0.6) is 0 Å². The van der Waals surface area contributed by atoms with Crippen LogP contribution in [0.1, 0.15) is 19.8 Å². The molecule has 1 aromatic rings. The van der Waals surface area contributed by atoms with Crippen LogP contribution >= 0.6 is 15.9 Å². The van der Waals surface area contributed by atoms with Crippen LogP contribution in [0, 0.1) is 16.0 Å². The topological polar surface area (TPSA) is 85.3 Å². The van der Waals surface area contributed by atoms with E-state index in [0.29, 0.717) is 10.4 Å². The van der Waals surface area contributed by atoms with E-state index in [1.54, 1.807) is 0 Å². The van der Waals surface area contributed by atoms with E-state index < -0.39 is 4.92 Å². The van der Waals surface area contributed by atoms with Gasteiger partial charge in [-0.25, -0.2) is 4.98 Å². The molecule has 19 heavy (non-hydrogen) atoms. The van der Waals surface area contributed by atoms with Gasteiger partial charge < -0.3 is 10.6 Å². The van der Waals surface area contributed by atoms with Crippen LogP contribution in [-0.4, -0.2) is 29.0 Å². The van der Waals surface area contributed by atoms with Crippen LogP contribution in [0.15, 0.2) is 16.7 Å². The SMILES string of the molecule is CCC1CN(c2ncc([N+](=O)[O-])cc2Br)CCC1N. The number of anilines is 1. The molecule has 1 saturated heterocycles. The van der Waals surface area contributed by atoms with Crippen LogP contribution in [0.4, 0.5) is 11.5 Å². The summed E-state index contributed by atoms with van der Waals surface area (Å²) in [6.45, 7) is 3.81. The predicted molar refractivity (Wildman–Crippen MR) is 77.2 cm³/mol. The highest BCUT2D eigenvalue weighted by Crippen LogP contribution is 2.30. The summed E-state index contributed by atoms with van der Waals surface area (Å²) in [5, 5.41) is 10.7. The Hall–Kier alpha value is -1.21. The quantitative estimate of drug-likeness (QED) is 0.679. The summed E-state index contributed by atoms with van der Waals surface area (Å²) in [6, 6.07) is 1.73. The zero-order chi connectivity index (χ0) is 14.0. The Morgan fingerprint density at radius 2 is 2.42 bits per heavy atom. The van der Waals surface area contributed by atoms with E-state index in [4.69, 9.17) is 5.73 Å². The monoisotopic (exact) mass is 328 g/mol. The van der Waals surface area contributed by atoms with E-state index in [0.717, 1.165) is 31.7 Å². The van der Waals surface area contributed by atoms with Crippen molar-refractivity contribution in [3.8, 4) is 0 Å². The van der Waals surface area contributed by atoms with Crippen molar-refractivity contribution in [1.82, 2.24) is 4.98 Å². The molecule has 1 aliphatic rings. The summed E-state index contributed by atoms with van der Waals surface area (Å²) >= 11 is 3.37. The number of pyridine rings is 1. The third kappa shape index (κ3) is 3.03. The number of hydrogen-bond acceptors (Lipinski definition) is 5. The van der Waals surface area contributed by atoms with E-state index in [1.807, 2.05) is 0 Å². The van der Waals surface area contributed by atoms with Gasteiger partial charge in [-0.05, 0) is 28.3 Å². The highest BCUT2D eigenvalue weighted by Gasteiger charge is 2.27. The summed E-state index contributed by atoms with van der Waals surface area (Å²) in [7, 11) is 0. The Labute approximate surface area is 120 Å². The zero-order valence-electron chi connectivity index (χ0n) is 10.8. The molecule has 2 heterocycles. The van der Waals surface area contributed by atoms with Crippen molar-refractivity contribution in [3.63, 3.8) is 0 Å². The molecule has 7 heteroatoms. The van der Waals surface area contributed by atoms with E-state index >= 15 is 0 Å². The van der Waals surface area contributed by atoms with Crippen molar-refractivity contribution >= 4 is 27.4 Å². The Morgan fingerprint density at radius 3 is 3.00 bits per heavy atom. The fraction of sp³-hybridized carbons (Fsp3) is 0.583. The highest BCUT2D eigenvalue weighted by atomic mass is 79.9. The smallest absolute Gasteiger partial charge is 0.288 e. The molecule has 2 unspecified atom stereocenters. The number of aromatic nitrogens is 1. The van der Waals surface area contributed by atoms with Crippen molar-refractivity contribution in [3.05, 3.63) is 26.9 Å². The first-order valence-corrected chi connectivity index (χ1v) is 7.12. The minimum Gasteiger partial charge on any atom is -0.355 e. The largest absolute Gasteiger partial charge is 0.355 e. The van der Waals surface area contributed by atoms with Crippen LogP contribution in [0.3, 0.4) is 0 Å². The number of halogens is 1. The number of nitro groups is 1. The lowest BCUT2D eigenvalue weighted by Gasteiger charge is -2.37. The Kier molecular flexibility index (Phi) is 4.36. The third-order valence-corrected chi connectivity index (χ3v) is 4.22. The fourth-order valence-electron chi connectivity index (χ4n) is 2.43. The maximum absolute atomic E-state index is 10.7. The molecule has 0 radical (unpaired) electrons. The Balaban J connectivity index is 2.20. The minimum atomic E-state index is -0.442. The molecule has 1 aromatic heterocycles. The molecular weight excluding hydrogens is 312 g/mol. The number of nitrogens with zero attached hydrogens (tertiary/aromatic N) is 3. The van der Waals surface area contributed by atoms with Gasteiger partial charge in [0.2, 0.25) is 0 Å². The van der Waals surface area contributed by atoms with E-state index in [9.17, 15) is 10.1 Å². The summed E-state index contributed by atoms with van der Waals surface area (Å²) in [5.41, 5.74) is 6.08. The summed E-state index contributed by atoms with van der Waals surface area (Å²) in [4.78, 5) is 16.6. The van der Waals surface area contributed by atoms with Gasteiger partial charge in [-0.1, -0.05) is 13.3 Å². The summed E-state index contributed by atoms with van der Waals surface area (Å²) in [6.07, 6.45) is 3.25. The van der Waals surface area contributed by atoms with Gasteiger partial charge in [0.1, 0.15) is 12.0 Å². The van der Waals surface area contributed by atoms with Gasteiger partial charge in [0.15, 0.2) is 0 Å². The van der Waals surface area contributed by atoms with Crippen molar-refractivity contribution in [2.75, 3.05) is 18.0 Å². The lowest BCUT2D eigenvalue weighted by atomic mass is 9.91. The van der Waals surface area contributed by atoms with Crippen LogP contribution < -0.4 is 10.6 Å². The molecule has 104 valence electrons. The average Bonchev–Trinajstić information content (AvgIpc) is 2.39. The van der Waals surface area contributed by atoms with E-state index in [-0.39, 0.29) is 11.7 Å². The van der Waals surface area contributed by atoms with Gasteiger partial charge in [0.25, 0.3) is 5.69 Å². The number of rotatable bonds is 3. The van der Waals surface area contributed by atoms with Crippen molar-refractivity contribution in [1.29, 1.82) is 0 Å². The van der Waals surface area contributed by atoms with E-state index in [2.05, 4.69) is 32.7 Å². The standard InChI is InChI=1S/C12H17BrN4O2/c1-2-8-7-16(4-3-11(8)14)12-10(13)5-9(6-15-12)17(18)19/h5-6,8,11H,2-4,7,14H2,1H3. The molecule has 6 nitrogen and oxygen atoms in total. The lowest BCUT2D eigenvalue weighted by molar-refractivity contribution is -0.385. The molecule has 1 fully saturated rings. The molecule has 0 amide bonds. The zero-order valence-corrected chi connectivity index (χ0v) is 12.3. The fourth-order valence-corrected chi connectivity index (χ4v) is 3.02. The lowest BCUT2D eigenvalue weighted by Crippen LogP contribution is -2.47.